The van der Waals surface area contributed by atoms with Crippen molar-refractivity contribution in [2.24, 2.45) is 11.8 Å². The fraction of sp³-hybridized carbons (Fsp3) is 0.345. The lowest BCUT2D eigenvalue weighted by Crippen LogP contribution is -2.54. The average Bonchev–Trinajstić information content (AvgIpc) is 3.40. The molecule has 200 valence electrons. The standard InChI is InChI=1S/C29H33FN4O4/c1-36-23-15-25(38-3)24(37-2)14-20(23)22-13-21(29(35)31-16-17-9-11-19(30)12-10-17)26-27(33-34-28(26)32-22)18-7-5-4-6-8-18/h4-12,14-15,21-22,26-28,32-34H,13,16H2,1-3H3,(H,31,35). The number of hydrogen-bond donors (Lipinski definition) is 4. The van der Waals surface area contributed by atoms with Crippen LogP contribution in [-0.2, 0) is 11.3 Å². The third-order valence-electron chi connectivity index (χ3n) is 7.49. The first kappa shape index (κ1) is 26.0. The van der Waals surface area contributed by atoms with Crippen LogP contribution in [0.1, 0.15) is 35.2 Å². The first-order valence-corrected chi connectivity index (χ1v) is 12.7. The van der Waals surface area contributed by atoms with E-state index in [2.05, 4.69) is 33.6 Å². The van der Waals surface area contributed by atoms with Gasteiger partial charge >= 0.3 is 0 Å². The topological polar surface area (TPSA) is 92.9 Å². The number of benzene rings is 3. The number of piperidine rings is 1. The minimum atomic E-state index is -0.336. The molecule has 2 aliphatic heterocycles. The highest BCUT2D eigenvalue weighted by Crippen LogP contribution is 2.46. The van der Waals surface area contributed by atoms with Gasteiger partial charge in [-0.25, -0.2) is 15.2 Å². The molecule has 2 saturated heterocycles. The molecule has 5 atom stereocenters. The minimum absolute atomic E-state index is 0.0540. The second-order valence-corrected chi connectivity index (χ2v) is 9.59. The fourth-order valence-corrected chi connectivity index (χ4v) is 5.59. The smallest absolute Gasteiger partial charge is 0.223 e. The minimum Gasteiger partial charge on any atom is -0.496 e. The van der Waals surface area contributed by atoms with Gasteiger partial charge in [0.25, 0.3) is 0 Å². The average molecular weight is 521 g/mol. The van der Waals surface area contributed by atoms with Crippen LogP contribution in [0.15, 0.2) is 66.7 Å². The Morgan fingerprint density at radius 1 is 0.921 bits per heavy atom. The lowest BCUT2D eigenvalue weighted by Gasteiger charge is -2.40. The number of hydrogen-bond acceptors (Lipinski definition) is 7. The Balaban J connectivity index is 1.46. The zero-order valence-corrected chi connectivity index (χ0v) is 21.7. The second-order valence-electron chi connectivity index (χ2n) is 9.59. The maximum atomic E-state index is 13.8. The Kier molecular flexibility index (Phi) is 7.78. The van der Waals surface area contributed by atoms with Gasteiger partial charge in [0.15, 0.2) is 11.5 Å². The number of rotatable bonds is 8. The quantitative estimate of drug-likeness (QED) is 0.361. The van der Waals surface area contributed by atoms with Crippen LogP contribution in [0.25, 0.3) is 0 Å². The summed E-state index contributed by atoms with van der Waals surface area (Å²) in [6.07, 6.45) is 0.355. The summed E-state index contributed by atoms with van der Waals surface area (Å²) >= 11 is 0. The van der Waals surface area contributed by atoms with Crippen molar-refractivity contribution in [3.05, 3.63) is 89.2 Å². The monoisotopic (exact) mass is 520 g/mol. The number of ether oxygens (including phenoxy) is 3. The van der Waals surface area contributed by atoms with Gasteiger partial charge in [0.1, 0.15) is 11.6 Å². The van der Waals surface area contributed by atoms with Crippen LogP contribution in [0, 0.1) is 17.7 Å². The molecule has 5 unspecified atom stereocenters. The molecule has 2 fully saturated rings. The number of carbonyl (C=O) groups excluding carboxylic acids is 1. The largest absolute Gasteiger partial charge is 0.496 e. The number of carbonyl (C=O) groups is 1. The van der Waals surface area contributed by atoms with Crippen LogP contribution in [0.3, 0.4) is 0 Å². The maximum absolute atomic E-state index is 13.8. The van der Waals surface area contributed by atoms with E-state index in [9.17, 15) is 9.18 Å². The van der Waals surface area contributed by atoms with Gasteiger partial charge in [0.05, 0.1) is 33.5 Å². The number of methoxy groups -OCH3 is 3. The Labute approximate surface area is 221 Å². The molecule has 0 aromatic heterocycles. The van der Waals surface area contributed by atoms with Crippen molar-refractivity contribution in [1.82, 2.24) is 21.5 Å². The van der Waals surface area contributed by atoms with Crippen molar-refractivity contribution in [2.45, 2.75) is 31.2 Å². The van der Waals surface area contributed by atoms with Crippen LogP contribution in [0.4, 0.5) is 4.39 Å². The van der Waals surface area contributed by atoms with Crippen molar-refractivity contribution in [1.29, 1.82) is 0 Å². The number of halogens is 1. The van der Waals surface area contributed by atoms with Crippen LogP contribution in [-0.4, -0.2) is 33.4 Å². The molecule has 9 heteroatoms. The second kappa shape index (κ2) is 11.4. The van der Waals surface area contributed by atoms with E-state index in [1.165, 1.54) is 12.1 Å². The van der Waals surface area contributed by atoms with E-state index in [0.29, 0.717) is 30.2 Å². The molecular formula is C29H33FN4O4. The molecule has 0 bridgehead atoms. The van der Waals surface area contributed by atoms with E-state index in [1.807, 2.05) is 24.3 Å². The van der Waals surface area contributed by atoms with E-state index < -0.39 is 0 Å². The third kappa shape index (κ3) is 5.18. The zero-order chi connectivity index (χ0) is 26.6. The zero-order valence-electron chi connectivity index (χ0n) is 21.7. The summed E-state index contributed by atoms with van der Waals surface area (Å²) in [7, 11) is 4.79. The van der Waals surface area contributed by atoms with Crippen molar-refractivity contribution in [3.63, 3.8) is 0 Å². The maximum Gasteiger partial charge on any atom is 0.223 e. The molecule has 38 heavy (non-hydrogen) atoms. The molecule has 0 spiro atoms. The summed E-state index contributed by atoms with van der Waals surface area (Å²) in [5.41, 5.74) is 9.61. The predicted molar refractivity (Wildman–Crippen MR) is 141 cm³/mol. The van der Waals surface area contributed by atoms with Crippen molar-refractivity contribution in [2.75, 3.05) is 21.3 Å². The van der Waals surface area contributed by atoms with Gasteiger partial charge in [-0.3, -0.25) is 10.1 Å². The Hall–Kier alpha value is -3.66. The number of hydrazine groups is 1. The number of nitrogens with one attached hydrogen (secondary N) is 4. The normalized spacial score (nSPS) is 24.4. The summed E-state index contributed by atoms with van der Waals surface area (Å²) in [4.78, 5) is 13.8. The first-order chi connectivity index (χ1) is 18.5. The van der Waals surface area contributed by atoms with Crippen LogP contribution < -0.4 is 35.7 Å². The van der Waals surface area contributed by atoms with Gasteiger partial charge < -0.3 is 19.5 Å². The first-order valence-electron chi connectivity index (χ1n) is 12.7. The van der Waals surface area contributed by atoms with Gasteiger partial charge in [-0.2, -0.15) is 0 Å². The summed E-state index contributed by atoms with van der Waals surface area (Å²) in [5.74, 6) is 1.05. The Morgan fingerprint density at radius 3 is 2.29 bits per heavy atom. The molecule has 2 heterocycles. The molecule has 8 nitrogen and oxygen atoms in total. The molecule has 0 aliphatic carbocycles. The van der Waals surface area contributed by atoms with Crippen LogP contribution >= 0.6 is 0 Å². The number of amides is 1. The molecule has 1 amide bonds. The Bertz CT molecular complexity index is 1260. The molecule has 0 radical (unpaired) electrons. The molecule has 3 aromatic carbocycles. The molecule has 4 N–H and O–H groups in total. The third-order valence-corrected chi connectivity index (χ3v) is 7.49. The van der Waals surface area contributed by atoms with Crippen molar-refractivity contribution < 1.29 is 23.4 Å². The Morgan fingerprint density at radius 2 is 1.61 bits per heavy atom. The highest BCUT2D eigenvalue weighted by Gasteiger charge is 2.49. The van der Waals surface area contributed by atoms with E-state index in [1.54, 1.807) is 39.5 Å². The van der Waals surface area contributed by atoms with Gasteiger partial charge in [-0.15, -0.1) is 0 Å². The summed E-state index contributed by atoms with van der Waals surface area (Å²) in [5, 5.41) is 6.78. The predicted octanol–water partition coefficient (Wildman–Crippen LogP) is 3.61. The fourth-order valence-electron chi connectivity index (χ4n) is 5.59. The van der Waals surface area contributed by atoms with E-state index in [4.69, 9.17) is 14.2 Å². The van der Waals surface area contributed by atoms with E-state index in [-0.39, 0.29) is 41.8 Å². The summed E-state index contributed by atoms with van der Waals surface area (Å²) in [6.45, 7) is 0.321. The highest BCUT2D eigenvalue weighted by molar-refractivity contribution is 5.79. The lowest BCUT2D eigenvalue weighted by molar-refractivity contribution is -0.129. The van der Waals surface area contributed by atoms with Gasteiger partial charge in [-0.1, -0.05) is 42.5 Å². The SMILES string of the molecule is COc1cc(OC)c(C2CC(C(=O)NCc3ccc(F)cc3)C3C(NNC3c3ccccc3)N2)cc1OC. The van der Waals surface area contributed by atoms with Gasteiger partial charge in [0, 0.05) is 36.1 Å². The lowest BCUT2D eigenvalue weighted by atomic mass is 9.74. The van der Waals surface area contributed by atoms with E-state index >= 15 is 0 Å². The van der Waals surface area contributed by atoms with Gasteiger partial charge in [-0.05, 0) is 35.7 Å². The molecule has 0 saturated carbocycles. The number of fused-ring (bicyclic) bond motifs is 1. The van der Waals surface area contributed by atoms with Crippen molar-refractivity contribution >= 4 is 5.91 Å². The summed E-state index contributed by atoms with van der Waals surface area (Å²) in [6, 6.07) is 19.7. The van der Waals surface area contributed by atoms with E-state index in [0.717, 1.165) is 16.7 Å². The van der Waals surface area contributed by atoms with Crippen LogP contribution in [0.5, 0.6) is 17.2 Å². The molecular weight excluding hydrogens is 487 g/mol. The van der Waals surface area contributed by atoms with Crippen molar-refractivity contribution in [3.8, 4) is 17.2 Å². The molecule has 2 aliphatic rings. The molecule has 3 aromatic rings. The van der Waals surface area contributed by atoms with Gasteiger partial charge in [0.2, 0.25) is 5.91 Å². The summed E-state index contributed by atoms with van der Waals surface area (Å²) < 4.78 is 30.1. The van der Waals surface area contributed by atoms with Crippen LogP contribution in [0.2, 0.25) is 0 Å². The molecule has 5 rings (SSSR count). The highest BCUT2D eigenvalue weighted by atomic mass is 19.1.